The summed E-state index contributed by atoms with van der Waals surface area (Å²) in [6.07, 6.45) is 0.228. The van der Waals surface area contributed by atoms with Crippen LogP contribution in [-0.2, 0) is 0 Å². The normalized spacial score (nSPS) is 19.5. The molecule has 1 aromatic heterocycles. The van der Waals surface area contributed by atoms with Crippen molar-refractivity contribution in [2.75, 3.05) is 26.7 Å². The molecule has 0 bridgehead atoms. The molecule has 3 rings (SSSR count). The number of aliphatic hydroxyl groups is 2. The Morgan fingerprint density at radius 1 is 1.32 bits per heavy atom. The van der Waals surface area contributed by atoms with E-state index in [1.165, 1.54) is 6.20 Å². The van der Waals surface area contributed by atoms with Gasteiger partial charge in [0, 0.05) is 36.8 Å². The van der Waals surface area contributed by atoms with Crippen molar-refractivity contribution in [3.05, 3.63) is 59.3 Å². The lowest BCUT2D eigenvalue weighted by molar-refractivity contribution is 0.0313. The highest BCUT2D eigenvalue weighted by Crippen LogP contribution is 2.27. The Morgan fingerprint density at radius 3 is 2.68 bits per heavy atom. The molecule has 2 aromatic rings. The fraction of sp³-hybridized carbons (Fsp3) is 0.423. The fourth-order valence-corrected chi connectivity index (χ4v) is 3.73. The minimum atomic E-state index is -0.817. The van der Waals surface area contributed by atoms with Crippen molar-refractivity contribution in [3.8, 4) is 17.7 Å². The molecule has 2 amide bonds. The van der Waals surface area contributed by atoms with Crippen LogP contribution in [0.25, 0.3) is 0 Å². The Morgan fingerprint density at radius 2 is 2.03 bits per heavy atom. The smallest absolute Gasteiger partial charge is 0.259 e. The minimum Gasteiger partial charge on any atom is -0.472 e. The number of aliphatic hydroxyl groups excluding tert-OH is 2. The first-order valence-corrected chi connectivity index (χ1v) is 11.3. The molecule has 0 saturated carbocycles. The first-order chi connectivity index (χ1) is 16.2. The average molecular weight is 466 g/mol. The second-order valence-electron chi connectivity index (χ2n) is 8.70. The van der Waals surface area contributed by atoms with Crippen molar-refractivity contribution < 1.29 is 24.5 Å². The molecule has 4 atom stereocenters. The number of carbonyl (C=O) groups is 2. The predicted octanol–water partition coefficient (Wildman–Crippen LogP) is 1.81. The van der Waals surface area contributed by atoms with Crippen molar-refractivity contribution in [3.63, 3.8) is 0 Å². The third kappa shape index (κ3) is 5.93. The summed E-state index contributed by atoms with van der Waals surface area (Å²) in [5.41, 5.74) is 1.27. The van der Waals surface area contributed by atoms with Gasteiger partial charge in [0.2, 0.25) is 5.88 Å². The molecule has 1 aromatic carbocycles. The quantitative estimate of drug-likeness (QED) is 0.653. The van der Waals surface area contributed by atoms with Crippen molar-refractivity contribution in [2.24, 2.45) is 5.92 Å². The molecule has 1 aliphatic heterocycles. The average Bonchev–Trinajstić information content (AvgIpc) is 2.84. The van der Waals surface area contributed by atoms with Gasteiger partial charge in [0.1, 0.15) is 17.8 Å². The molecule has 0 spiro atoms. The van der Waals surface area contributed by atoms with Gasteiger partial charge in [-0.2, -0.15) is 0 Å². The molecule has 0 unspecified atom stereocenters. The van der Waals surface area contributed by atoms with Gasteiger partial charge in [-0.3, -0.25) is 9.59 Å². The molecule has 0 saturated heterocycles. The lowest BCUT2D eigenvalue weighted by Gasteiger charge is -2.37. The summed E-state index contributed by atoms with van der Waals surface area (Å²) in [5, 5.41) is 19.2. The molecule has 0 radical (unpaired) electrons. The van der Waals surface area contributed by atoms with Gasteiger partial charge in [0.25, 0.3) is 11.8 Å². The standard InChI is InChI=1S/C26H31N3O5/c1-17-14-29(18(2)16-30)26(33)22-12-20(11-10-19(3)31)13-27-24(22)34-23(17)15-28(4)25(32)21-8-6-5-7-9-21/h5-9,12-13,17-19,23,30-31H,14-16H2,1-4H3/t17-,18-,19+,23+/m0/s1. The van der Waals surface area contributed by atoms with Crippen LogP contribution < -0.4 is 4.74 Å². The molecule has 0 aliphatic carbocycles. The summed E-state index contributed by atoms with van der Waals surface area (Å²) in [7, 11) is 1.71. The predicted molar refractivity (Wildman–Crippen MR) is 127 cm³/mol. The first kappa shape index (κ1) is 25.2. The molecule has 8 nitrogen and oxygen atoms in total. The maximum absolute atomic E-state index is 13.4. The number of fused-ring (bicyclic) bond motifs is 1. The van der Waals surface area contributed by atoms with Crippen LogP contribution >= 0.6 is 0 Å². The summed E-state index contributed by atoms with van der Waals surface area (Å²) in [4.78, 5) is 33.8. The summed E-state index contributed by atoms with van der Waals surface area (Å²) in [6, 6.07) is 10.2. The Bertz CT molecular complexity index is 1080. The number of likely N-dealkylation sites (N-methyl/N-ethyl adjacent to an activating group) is 1. The number of carbonyl (C=O) groups excluding carboxylic acids is 2. The van der Waals surface area contributed by atoms with Gasteiger partial charge in [-0.15, -0.1) is 0 Å². The second-order valence-corrected chi connectivity index (χ2v) is 8.70. The lowest BCUT2D eigenvalue weighted by atomic mass is 9.99. The Balaban J connectivity index is 1.95. The van der Waals surface area contributed by atoms with Crippen LogP contribution in [0.3, 0.4) is 0 Å². The maximum atomic E-state index is 13.4. The van der Waals surface area contributed by atoms with Crippen LogP contribution in [-0.4, -0.2) is 81.8 Å². The zero-order chi connectivity index (χ0) is 24.8. The molecule has 34 heavy (non-hydrogen) atoms. The molecule has 8 heteroatoms. The molecule has 1 aliphatic rings. The van der Waals surface area contributed by atoms with E-state index >= 15 is 0 Å². The number of ether oxygens (including phenoxy) is 1. The van der Waals surface area contributed by atoms with E-state index in [-0.39, 0.29) is 42.3 Å². The summed E-state index contributed by atoms with van der Waals surface area (Å²) < 4.78 is 6.21. The van der Waals surface area contributed by atoms with Crippen LogP contribution in [0.1, 0.15) is 47.1 Å². The SMILES string of the molecule is C[C@@H](O)C#Cc1cnc2c(c1)C(=O)N([C@@H](C)CO)C[C@H](C)[C@@H](CN(C)C(=O)c1ccccc1)O2. The van der Waals surface area contributed by atoms with E-state index in [9.17, 15) is 19.8 Å². The number of rotatable bonds is 5. The molecular weight excluding hydrogens is 434 g/mol. The maximum Gasteiger partial charge on any atom is 0.259 e. The molecule has 180 valence electrons. The highest BCUT2D eigenvalue weighted by molar-refractivity contribution is 5.97. The van der Waals surface area contributed by atoms with Crippen molar-refractivity contribution in [1.82, 2.24) is 14.8 Å². The number of benzene rings is 1. The van der Waals surface area contributed by atoms with Gasteiger partial charge in [0.05, 0.1) is 19.2 Å². The fourth-order valence-electron chi connectivity index (χ4n) is 3.73. The third-order valence-corrected chi connectivity index (χ3v) is 5.77. The van der Waals surface area contributed by atoms with E-state index in [2.05, 4.69) is 16.8 Å². The first-order valence-electron chi connectivity index (χ1n) is 11.3. The number of hydrogen-bond donors (Lipinski definition) is 2. The number of amides is 2. The Kier molecular flexibility index (Phi) is 8.26. The number of nitrogens with zero attached hydrogens (tertiary/aromatic N) is 3. The Labute approximate surface area is 200 Å². The van der Waals surface area contributed by atoms with E-state index < -0.39 is 18.2 Å². The third-order valence-electron chi connectivity index (χ3n) is 5.77. The minimum absolute atomic E-state index is 0.132. The zero-order valence-corrected chi connectivity index (χ0v) is 19.9. The van der Waals surface area contributed by atoms with Crippen molar-refractivity contribution in [1.29, 1.82) is 0 Å². The Hall–Kier alpha value is -3.41. The summed E-state index contributed by atoms with van der Waals surface area (Å²) >= 11 is 0. The molecule has 0 fully saturated rings. The van der Waals surface area contributed by atoms with Crippen molar-refractivity contribution >= 4 is 11.8 Å². The van der Waals surface area contributed by atoms with Gasteiger partial charge in [-0.1, -0.05) is 37.0 Å². The number of pyridine rings is 1. The van der Waals surface area contributed by atoms with E-state index in [1.807, 2.05) is 25.1 Å². The van der Waals surface area contributed by atoms with Gasteiger partial charge >= 0.3 is 0 Å². The largest absolute Gasteiger partial charge is 0.472 e. The lowest BCUT2D eigenvalue weighted by Crippen LogP contribution is -2.50. The van der Waals surface area contributed by atoms with Gasteiger partial charge < -0.3 is 24.7 Å². The van der Waals surface area contributed by atoms with Crippen LogP contribution in [0.4, 0.5) is 0 Å². The monoisotopic (exact) mass is 465 g/mol. The number of aromatic nitrogens is 1. The summed E-state index contributed by atoms with van der Waals surface area (Å²) in [6.45, 7) is 5.70. The van der Waals surface area contributed by atoms with E-state index in [0.717, 1.165) is 0 Å². The molecule has 2 heterocycles. The summed E-state index contributed by atoms with van der Waals surface area (Å²) in [5.74, 6) is 5.00. The van der Waals surface area contributed by atoms with Gasteiger partial charge in [0.15, 0.2) is 0 Å². The van der Waals surface area contributed by atoms with Crippen LogP contribution in [0.5, 0.6) is 5.88 Å². The highest BCUT2D eigenvalue weighted by Gasteiger charge is 2.34. The van der Waals surface area contributed by atoms with Crippen LogP contribution in [0.2, 0.25) is 0 Å². The van der Waals surface area contributed by atoms with Crippen LogP contribution in [0.15, 0.2) is 42.6 Å². The van der Waals surface area contributed by atoms with Crippen molar-refractivity contribution in [2.45, 2.75) is 39.0 Å². The number of hydrogen-bond acceptors (Lipinski definition) is 6. The zero-order valence-electron chi connectivity index (χ0n) is 19.9. The van der Waals surface area contributed by atoms with E-state index in [0.29, 0.717) is 17.7 Å². The second kappa shape index (κ2) is 11.1. The molecule has 2 N–H and O–H groups in total. The van der Waals surface area contributed by atoms with E-state index in [1.54, 1.807) is 48.9 Å². The highest BCUT2D eigenvalue weighted by atomic mass is 16.5. The molecular formula is C26H31N3O5. The van der Waals surface area contributed by atoms with Crippen LogP contribution in [0, 0.1) is 17.8 Å². The van der Waals surface area contributed by atoms with E-state index in [4.69, 9.17) is 4.74 Å². The van der Waals surface area contributed by atoms with Gasteiger partial charge in [-0.05, 0) is 32.0 Å². The topological polar surface area (TPSA) is 103 Å². The van der Waals surface area contributed by atoms with Gasteiger partial charge in [-0.25, -0.2) is 4.98 Å².